The van der Waals surface area contributed by atoms with Crippen molar-refractivity contribution in [3.05, 3.63) is 36.4 Å². The summed E-state index contributed by atoms with van der Waals surface area (Å²) in [7, 11) is 0. The van der Waals surface area contributed by atoms with Crippen molar-refractivity contribution >= 4 is 5.91 Å². The molecule has 1 fully saturated rings. The van der Waals surface area contributed by atoms with Crippen molar-refractivity contribution in [3.8, 4) is 0 Å². The summed E-state index contributed by atoms with van der Waals surface area (Å²) in [4.78, 5) is 14.1. The monoisotopic (exact) mass is 327 g/mol. The van der Waals surface area contributed by atoms with Crippen molar-refractivity contribution in [1.82, 2.24) is 24.5 Å². The van der Waals surface area contributed by atoms with Crippen LogP contribution in [-0.4, -0.2) is 43.0 Å². The van der Waals surface area contributed by atoms with Gasteiger partial charge in [-0.25, -0.2) is 0 Å². The number of amides is 1. The third-order valence-corrected chi connectivity index (χ3v) is 3.88. The molecule has 1 aliphatic rings. The van der Waals surface area contributed by atoms with Crippen LogP contribution in [0, 0.1) is 0 Å². The number of nitrogens with zero attached hydrogens (tertiary/aromatic N) is 5. The molecule has 1 atom stereocenters. The highest BCUT2D eigenvalue weighted by Gasteiger charge is 2.34. The first-order chi connectivity index (χ1) is 10.9. The molecule has 3 rings (SSSR count). The molecule has 0 aliphatic carbocycles. The van der Waals surface area contributed by atoms with Gasteiger partial charge in [-0.3, -0.25) is 14.2 Å². The molecule has 0 aromatic carbocycles. The lowest BCUT2D eigenvalue weighted by Crippen LogP contribution is -2.40. The van der Waals surface area contributed by atoms with E-state index in [1.165, 1.54) is 6.20 Å². The molecule has 1 saturated heterocycles. The maximum atomic E-state index is 12.5. The molecule has 9 heteroatoms. The molecule has 0 bridgehead atoms. The summed E-state index contributed by atoms with van der Waals surface area (Å²) >= 11 is 0. The molecule has 1 amide bonds. The Morgan fingerprint density at radius 2 is 2.13 bits per heavy atom. The van der Waals surface area contributed by atoms with Gasteiger partial charge in [0.2, 0.25) is 5.91 Å². The van der Waals surface area contributed by atoms with Crippen LogP contribution >= 0.6 is 0 Å². The van der Waals surface area contributed by atoms with Crippen LogP contribution in [0.2, 0.25) is 0 Å². The molecule has 0 N–H and O–H groups in total. The predicted molar refractivity (Wildman–Crippen MR) is 74.2 cm³/mol. The van der Waals surface area contributed by atoms with Crippen molar-refractivity contribution in [2.45, 2.75) is 38.1 Å². The van der Waals surface area contributed by atoms with Crippen LogP contribution in [0.4, 0.5) is 13.2 Å². The van der Waals surface area contributed by atoms with Gasteiger partial charge in [0.15, 0.2) is 5.69 Å². The summed E-state index contributed by atoms with van der Waals surface area (Å²) < 4.78 is 40.4. The lowest BCUT2D eigenvalue weighted by atomic mass is 10.2. The minimum Gasteiger partial charge on any atom is -0.336 e. The number of hydrogen-bond acceptors (Lipinski definition) is 3. The van der Waals surface area contributed by atoms with E-state index in [0.29, 0.717) is 13.1 Å². The average Bonchev–Trinajstić information content (AvgIpc) is 3.18. The molecule has 0 unspecified atom stereocenters. The normalized spacial score (nSPS) is 18.6. The molecule has 1 aliphatic heterocycles. The number of carbonyl (C=O) groups excluding carboxylic acids is 1. The summed E-state index contributed by atoms with van der Waals surface area (Å²) in [6, 6.07) is 2.70. The van der Waals surface area contributed by atoms with Crippen molar-refractivity contribution in [1.29, 1.82) is 0 Å². The van der Waals surface area contributed by atoms with Gasteiger partial charge in [-0.15, -0.1) is 0 Å². The van der Waals surface area contributed by atoms with Crippen LogP contribution in [0.3, 0.4) is 0 Å². The summed E-state index contributed by atoms with van der Waals surface area (Å²) in [5.41, 5.74) is -0.986. The van der Waals surface area contributed by atoms with Gasteiger partial charge in [-0.1, -0.05) is 0 Å². The Kier molecular flexibility index (Phi) is 4.10. The van der Waals surface area contributed by atoms with Crippen LogP contribution in [0.15, 0.2) is 30.7 Å². The Morgan fingerprint density at radius 3 is 2.78 bits per heavy atom. The van der Waals surface area contributed by atoms with Crippen molar-refractivity contribution < 1.29 is 18.0 Å². The highest BCUT2D eigenvalue weighted by atomic mass is 19.4. The molecule has 0 saturated carbocycles. The second kappa shape index (κ2) is 6.05. The van der Waals surface area contributed by atoms with Gasteiger partial charge in [0.1, 0.15) is 6.54 Å². The fourth-order valence-corrected chi connectivity index (χ4v) is 2.81. The maximum Gasteiger partial charge on any atom is 0.435 e. The average molecular weight is 327 g/mol. The van der Waals surface area contributed by atoms with Gasteiger partial charge >= 0.3 is 6.18 Å². The van der Waals surface area contributed by atoms with E-state index in [1.54, 1.807) is 15.8 Å². The first kappa shape index (κ1) is 15.6. The maximum absolute atomic E-state index is 12.5. The van der Waals surface area contributed by atoms with E-state index in [0.717, 1.165) is 23.6 Å². The van der Waals surface area contributed by atoms with E-state index in [2.05, 4.69) is 10.2 Å². The Labute approximate surface area is 130 Å². The quantitative estimate of drug-likeness (QED) is 0.860. The second-order valence-corrected chi connectivity index (χ2v) is 5.51. The topological polar surface area (TPSA) is 56.0 Å². The van der Waals surface area contributed by atoms with Crippen LogP contribution in [0.25, 0.3) is 0 Å². The zero-order valence-electron chi connectivity index (χ0n) is 12.3. The Morgan fingerprint density at radius 1 is 1.30 bits per heavy atom. The zero-order chi connectivity index (χ0) is 16.4. The SMILES string of the molecule is O=C(Cn1ccc(C(F)(F)F)n1)N1CCC[C@H]1Cn1cccn1. The number of rotatable bonds is 4. The van der Waals surface area contributed by atoms with Crippen LogP contribution in [0.1, 0.15) is 18.5 Å². The molecule has 124 valence electrons. The smallest absolute Gasteiger partial charge is 0.336 e. The Balaban J connectivity index is 1.64. The number of likely N-dealkylation sites (tertiary alicyclic amines) is 1. The van der Waals surface area contributed by atoms with Gasteiger partial charge < -0.3 is 4.90 Å². The molecule has 3 heterocycles. The van der Waals surface area contributed by atoms with Crippen LogP contribution in [0.5, 0.6) is 0 Å². The minimum atomic E-state index is -4.50. The minimum absolute atomic E-state index is 0.0139. The summed E-state index contributed by atoms with van der Waals surface area (Å²) in [5.74, 6) is -0.225. The van der Waals surface area contributed by atoms with Crippen LogP contribution in [-0.2, 0) is 24.1 Å². The van der Waals surface area contributed by atoms with Crippen LogP contribution < -0.4 is 0 Å². The largest absolute Gasteiger partial charge is 0.435 e. The fourth-order valence-electron chi connectivity index (χ4n) is 2.81. The molecule has 0 radical (unpaired) electrons. The van der Waals surface area contributed by atoms with Gasteiger partial charge in [0, 0.05) is 25.1 Å². The van der Waals surface area contributed by atoms with Gasteiger partial charge in [-0.2, -0.15) is 23.4 Å². The number of halogens is 3. The Bertz CT molecular complexity index is 664. The van der Waals surface area contributed by atoms with E-state index in [1.807, 2.05) is 12.3 Å². The standard InChI is InChI=1S/C14H16F3N5O/c15-14(16,17)12-4-8-21(19-12)10-13(23)22-7-1-3-11(22)9-20-6-2-5-18-20/h2,4-6,8,11H,1,3,7,9-10H2/t11-/m0/s1. The summed E-state index contributed by atoms with van der Waals surface area (Å²) in [5, 5.41) is 7.54. The number of carbonyl (C=O) groups is 1. The van der Waals surface area contributed by atoms with E-state index in [4.69, 9.17) is 0 Å². The van der Waals surface area contributed by atoms with E-state index in [-0.39, 0.29) is 18.5 Å². The van der Waals surface area contributed by atoms with Crippen molar-refractivity contribution in [3.63, 3.8) is 0 Å². The highest BCUT2D eigenvalue weighted by Crippen LogP contribution is 2.27. The highest BCUT2D eigenvalue weighted by molar-refractivity contribution is 5.76. The first-order valence-corrected chi connectivity index (χ1v) is 7.31. The molecule has 2 aromatic rings. The van der Waals surface area contributed by atoms with Gasteiger partial charge in [-0.05, 0) is 25.0 Å². The summed E-state index contributed by atoms with van der Waals surface area (Å²) in [6.07, 6.45) is 1.92. The second-order valence-electron chi connectivity index (χ2n) is 5.51. The zero-order valence-corrected chi connectivity index (χ0v) is 12.3. The Hall–Kier alpha value is -2.32. The van der Waals surface area contributed by atoms with Gasteiger partial charge in [0.25, 0.3) is 0 Å². The predicted octanol–water partition coefficient (Wildman–Crippen LogP) is 1.79. The fraction of sp³-hybridized carbons (Fsp3) is 0.500. The number of aromatic nitrogens is 4. The first-order valence-electron chi connectivity index (χ1n) is 7.31. The van der Waals surface area contributed by atoms with E-state index in [9.17, 15) is 18.0 Å². The lowest BCUT2D eigenvalue weighted by molar-refractivity contribution is -0.142. The lowest BCUT2D eigenvalue weighted by Gasteiger charge is -2.24. The van der Waals surface area contributed by atoms with Crippen molar-refractivity contribution in [2.24, 2.45) is 0 Å². The molecule has 2 aromatic heterocycles. The van der Waals surface area contributed by atoms with E-state index < -0.39 is 11.9 Å². The third kappa shape index (κ3) is 3.54. The molecular formula is C14H16F3N5O. The van der Waals surface area contributed by atoms with Gasteiger partial charge in [0.05, 0.1) is 12.6 Å². The third-order valence-electron chi connectivity index (χ3n) is 3.88. The number of hydrogen-bond donors (Lipinski definition) is 0. The molecule has 6 nitrogen and oxygen atoms in total. The molecule has 0 spiro atoms. The summed E-state index contributed by atoms with van der Waals surface area (Å²) in [6.45, 7) is 1.01. The number of alkyl halides is 3. The molecule has 23 heavy (non-hydrogen) atoms. The molecular weight excluding hydrogens is 311 g/mol. The van der Waals surface area contributed by atoms with Crippen molar-refractivity contribution in [2.75, 3.05) is 6.54 Å². The van der Waals surface area contributed by atoms with E-state index >= 15 is 0 Å².